The van der Waals surface area contributed by atoms with Crippen LogP contribution in [0.15, 0.2) is 34.5 Å². The van der Waals surface area contributed by atoms with Crippen LogP contribution in [0.3, 0.4) is 0 Å². The van der Waals surface area contributed by atoms with Crippen LogP contribution in [0, 0.1) is 19.8 Å². The molecule has 1 saturated heterocycles. The Morgan fingerprint density at radius 2 is 1.89 bits per heavy atom. The molecule has 150 valence electrons. The Hall–Kier alpha value is -1.90. The Kier molecular flexibility index (Phi) is 7.47. The fourth-order valence-electron chi connectivity index (χ4n) is 3.12. The van der Waals surface area contributed by atoms with Gasteiger partial charge in [-0.05, 0) is 51.9 Å². The van der Waals surface area contributed by atoms with Crippen molar-refractivity contribution in [3.05, 3.63) is 45.9 Å². The molecule has 0 unspecified atom stereocenters. The van der Waals surface area contributed by atoms with Gasteiger partial charge in [-0.15, -0.1) is 23.1 Å². The van der Waals surface area contributed by atoms with Crippen LogP contribution in [-0.2, 0) is 16.1 Å². The topological polar surface area (TPSA) is 74.3 Å². The number of carbonyl (C=O) groups is 2. The average molecular weight is 419 g/mol. The lowest BCUT2D eigenvalue weighted by Gasteiger charge is -2.30. The highest BCUT2D eigenvalue weighted by atomic mass is 32.2. The summed E-state index contributed by atoms with van der Waals surface area (Å²) in [5, 5.41) is 3.18. The van der Waals surface area contributed by atoms with E-state index in [0.717, 1.165) is 48.1 Å². The van der Waals surface area contributed by atoms with Gasteiger partial charge in [-0.2, -0.15) is 0 Å². The molecule has 0 saturated carbocycles. The standard InChI is InChI=1S/C20H26N4O2S2/c1-14-3-5-18(6-4-14)28-13-19(25)22-23-20(26)16-7-9-24(10-8-16)11-17-12-27-15(2)21-17/h3-6,12,16H,7-11,13H2,1-2H3,(H,22,25)(H,23,26). The lowest BCUT2D eigenvalue weighted by Crippen LogP contribution is -2.47. The summed E-state index contributed by atoms with van der Waals surface area (Å²) in [7, 11) is 0. The molecular formula is C20H26N4O2S2. The molecule has 2 N–H and O–H groups in total. The largest absolute Gasteiger partial charge is 0.297 e. The van der Waals surface area contributed by atoms with Crippen LogP contribution in [0.2, 0.25) is 0 Å². The first-order valence-corrected chi connectivity index (χ1v) is 11.3. The average Bonchev–Trinajstić information content (AvgIpc) is 3.11. The number of hydrogen-bond acceptors (Lipinski definition) is 6. The predicted molar refractivity (Wildman–Crippen MR) is 113 cm³/mol. The summed E-state index contributed by atoms with van der Waals surface area (Å²) in [4.78, 5) is 32.2. The van der Waals surface area contributed by atoms with Crippen molar-refractivity contribution in [3.63, 3.8) is 0 Å². The maximum Gasteiger partial charge on any atom is 0.248 e. The molecule has 2 aromatic rings. The smallest absolute Gasteiger partial charge is 0.248 e. The number of aromatic nitrogens is 1. The Morgan fingerprint density at radius 1 is 1.18 bits per heavy atom. The van der Waals surface area contributed by atoms with E-state index in [2.05, 4.69) is 26.1 Å². The maximum absolute atomic E-state index is 12.3. The lowest BCUT2D eigenvalue weighted by molar-refractivity contribution is -0.131. The number of aryl methyl sites for hydroxylation is 2. The van der Waals surface area contributed by atoms with Gasteiger partial charge in [0.15, 0.2) is 0 Å². The van der Waals surface area contributed by atoms with Crippen LogP contribution in [0.25, 0.3) is 0 Å². The van der Waals surface area contributed by atoms with E-state index in [0.29, 0.717) is 0 Å². The number of thioether (sulfide) groups is 1. The van der Waals surface area contributed by atoms with Crippen LogP contribution in [-0.4, -0.2) is 40.5 Å². The van der Waals surface area contributed by atoms with E-state index in [4.69, 9.17) is 0 Å². The first-order valence-electron chi connectivity index (χ1n) is 9.41. The predicted octanol–water partition coefficient (Wildman–Crippen LogP) is 2.91. The Labute approximate surface area is 174 Å². The van der Waals surface area contributed by atoms with Crippen molar-refractivity contribution in [2.45, 2.75) is 38.1 Å². The van der Waals surface area contributed by atoms with Gasteiger partial charge in [0.25, 0.3) is 0 Å². The van der Waals surface area contributed by atoms with Gasteiger partial charge in [0.2, 0.25) is 11.8 Å². The first kappa shape index (κ1) is 20.8. The van der Waals surface area contributed by atoms with Crippen molar-refractivity contribution in [1.82, 2.24) is 20.7 Å². The molecule has 1 aromatic carbocycles. The van der Waals surface area contributed by atoms with Gasteiger partial charge in [0.1, 0.15) is 0 Å². The molecule has 1 fully saturated rings. The van der Waals surface area contributed by atoms with Crippen LogP contribution in [0.4, 0.5) is 0 Å². The quantitative estimate of drug-likeness (QED) is 0.557. The van der Waals surface area contributed by atoms with Crippen molar-refractivity contribution >= 4 is 34.9 Å². The summed E-state index contributed by atoms with van der Waals surface area (Å²) in [6, 6.07) is 8.02. The van der Waals surface area contributed by atoms with Gasteiger partial charge in [-0.25, -0.2) is 4.98 Å². The maximum atomic E-state index is 12.3. The normalized spacial score (nSPS) is 15.4. The summed E-state index contributed by atoms with van der Waals surface area (Å²) >= 11 is 3.12. The summed E-state index contributed by atoms with van der Waals surface area (Å²) in [5.41, 5.74) is 7.41. The highest BCUT2D eigenvalue weighted by Gasteiger charge is 2.25. The van der Waals surface area contributed by atoms with E-state index in [9.17, 15) is 9.59 Å². The Morgan fingerprint density at radius 3 is 2.54 bits per heavy atom. The molecule has 1 aliphatic rings. The molecule has 1 aliphatic heterocycles. The van der Waals surface area contributed by atoms with E-state index in [-0.39, 0.29) is 23.5 Å². The Bertz CT molecular complexity index is 799. The van der Waals surface area contributed by atoms with Gasteiger partial charge in [0.05, 0.1) is 16.5 Å². The second-order valence-electron chi connectivity index (χ2n) is 7.05. The minimum atomic E-state index is -0.199. The molecule has 0 spiro atoms. The highest BCUT2D eigenvalue weighted by molar-refractivity contribution is 8.00. The Balaban J connectivity index is 1.33. The fourth-order valence-corrected chi connectivity index (χ4v) is 4.42. The van der Waals surface area contributed by atoms with Crippen molar-refractivity contribution in [3.8, 4) is 0 Å². The van der Waals surface area contributed by atoms with Gasteiger partial charge < -0.3 is 0 Å². The number of hydrazine groups is 1. The number of piperidine rings is 1. The summed E-state index contributed by atoms with van der Waals surface area (Å²) in [6.45, 7) is 6.61. The molecule has 2 amide bonds. The molecule has 2 heterocycles. The fraction of sp³-hybridized carbons (Fsp3) is 0.450. The molecule has 1 aromatic heterocycles. The van der Waals surface area contributed by atoms with Crippen molar-refractivity contribution in [1.29, 1.82) is 0 Å². The molecular weight excluding hydrogens is 392 g/mol. The molecule has 0 radical (unpaired) electrons. The number of nitrogens with zero attached hydrogens (tertiary/aromatic N) is 2. The molecule has 0 atom stereocenters. The first-order chi connectivity index (χ1) is 13.5. The van der Waals surface area contributed by atoms with E-state index in [1.807, 2.05) is 38.1 Å². The molecule has 6 nitrogen and oxygen atoms in total. The van der Waals surface area contributed by atoms with Crippen LogP contribution in [0.1, 0.15) is 29.1 Å². The lowest BCUT2D eigenvalue weighted by atomic mass is 9.96. The summed E-state index contributed by atoms with van der Waals surface area (Å²) < 4.78 is 0. The third kappa shape index (κ3) is 6.32. The summed E-state index contributed by atoms with van der Waals surface area (Å²) in [5.74, 6) is -0.0824. The minimum absolute atomic E-state index is 0.0570. The van der Waals surface area contributed by atoms with Crippen molar-refractivity contribution in [2.24, 2.45) is 5.92 Å². The van der Waals surface area contributed by atoms with Crippen LogP contribution < -0.4 is 10.9 Å². The van der Waals surface area contributed by atoms with Crippen molar-refractivity contribution in [2.75, 3.05) is 18.8 Å². The van der Waals surface area contributed by atoms with Gasteiger partial charge in [-0.3, -0.25) is 25.3 Å². The highest BCUT2D eigenvalue weighted by Crippen LogP contribution is 2.20. The number of hydrogen-bond donors (Lipinski definition) is 2. The van der Waals surface area contributed by atoms with E-state index in [1.165, 1.54) is 17.3 Å². The minimum Gasteiger partial charge on any atom is -0.297 e. The molecule has 28 heavy (non-hydrogen) atoms. The van der Waals surface area contributed by atoms with Gasteiger partial charge in [0, 0.05) is 22.7 Å². The van der Waals surface area contributed by atoms with E-state index < -0.39 is 0 Å². The molecule has 0 bridgehead atoms. The number of carbonyl (C=O) groups excluding carboxylic acids is 2. The van der Waals surface area contributed by atoms with E-state index in [1.54, 1.807) is 11.3 Å². The van der Waals surface area contributed by atoms with Crippen LogP contribution in [0.5, 0.6) is 0 Å². The van der Waals surface area contributed by atoms with Crippen molar-refractivity contribution < 1.29 is 9.59 Å². The molecule has 0 aliphatic carbocycles. The SMILES string of the molecule is Cc1ccc(SCC(=O)NNC(=O)C2CCN(Cc3csc(C)n3)CC2)cc1. The second kappa shape index (κ2) is 10.0. The van der Waals surface area contributed by atoms with Crippen LogP contribution >= 0.6 is 23.1 Å². The number of rotatable bonds is 6. The zero-order valence-corrected chi connectivity index (χ0v) is 17.9. The number of likely N-dealkylation sites (tertiary alicyclic amines) is 1. The van der Waals surface area contributed by atoms with E-state index >= 15 is 0 Å². The number of nitrogens with one attached hydrogen (secondary N) is 2. The van der Waals surface area contributed by atoms with Gasteiger partial charge in [-0.1, -0.05) is 17.7 Å². The summed E-state index contributed by atoms with van der Waals surface area (Å²) in [6.07, 6.45) is 1.59. The number of amides is 2. The van der Waals surface area contributed by atoms with Gasteiger partial charge >= 0.3 is 0 Å². The number of thiazole rings is 1. The monoisotopic (exact) mass is 418 g/mol. The zero-order chi connectivity index (χ0) is 19.9. The molecule has 3 rings (SSSR count). The number of benzene rings is 1. The third-order valence-corrected chi connectivity index (χ3v) is 6.56. The zero-order valence-electron chi connectivity index (χ0n) is 16.2. The molecule has 8 heteroatoms. The second-order valence-corrected chi connectivity index (χ2v) is 9.16. The third-order valence-electron chi connectivity index (χ3n) is 4.73.